The highest BCUT2D eigenvalue weighted by Crippen LogP contribution is 2.44. The highest BCUT2D eigenvalue weighted by molar-refractivity contribution is 6.42. The SMILES string of the molecule is O=C1NC(=O)C2(CC(CO)Oc3cc(Cl)c(Cl)cc32)N1. The molecule has 3 N–H and O–H groups in total. The Bertz CT molecular complexity index is 622. The Balaban J connectivity index is 2.19. The van der Waals surface area contributed by atoms with Crippen molar-refractivity contribution >= 4 is 35.1 Å². The highest BCUT2D eigenvalue weighted by atomic mass is 35.5. The molecule has 3 amide bonds. The number of halogens is 2. The molecule has 8 heteroatoms. The van der Waals surface area contributed by atoms with Gasteiger partial charge in [-0.2, -0.15) is 0 Å². The van der Waals surface area contributed by atoms with Crippen LogP contribution in [0.5, 0.6) is 5.75 Å². The quantitative estimate of drug-likeness (QED) is 0.679. The van der Waals surface area contributed by atoms with Crippen molar-refractivity contribution in [3.8, 4) is 5.75 Å². The van der Waals surface area contributed by atoms with Crippen LogP contribution in [0.3, 0.4) is 0 Å². The third-order valence-electron chi connectivity index (χ3n) is 3.46. The van der Waals surface area contributed by atoms with Gasteiger partial charge in [-0.3, -0.25) is 10.1 Å². The van der Waals surface area contributed by atoms with E-state index in [4.69, 9.17) is 27.9 Å². The Labute approximate surface area is 124 Å². The second-order valence-electron chi connectivity index (χ2n) is 4.70. The zero-order valence-corrected chi connectivity index (χ0v) is 11.6. The number of hydrogen-bond acceptors (Lipinski definition) is 4. The summed E-state index contributed by atoms with van der Waals surface area (Å²) in [4.78, 5) is 23.7. The van der Waals surface area contributed by atoms with E-state index >= 15 is 0 Å². The molecule has 2 aliphatic heterocycles. The number of aliphatic hydroxyl groups is 1. The van der Waals surface area contributed by atoms with Crippen LogP contribution in [0.4, 0.5) is 4.79 Å². The van der Waals surface area contributed by atoms with Crippen molar-refractivity contribution in [2.24, 2.45) is 0 Å². The first-order chi connectivity index (χ1) is 9.46. The van der Waals surface area contributed by atoms with Crippen LogP contribution in [0, 0.1) is 0 Å². The molecule has 1 fully saturated rings. The fraction of sp³-hybridized carbons (Fsp3) is 0.333. The maximum atomic E-state index is 12.2. The summed E-state index contributed by atoms with van der Waals surface area (Å²) in [5, 5.41) is 14.6. The molecule has 3 rings (SSSR count). The van der Waals surface area contributed by atoms with Crippen molar-refractivity contribution in [3.63, 3.8) is 0 Å². The van der Waals surface area contributed by atoms with Crippen molar-refractivity contribution < 1.29 is 19.4 Å². The third-order valence-corrected chi connectivity index (χ3v) is 4.18. The molecule has 20 heavy (non-hydrogen) atoms. The van der Waals surface area contributed by atoms with Gasteiger partial charge in [-0.05, 0) is 6.07 Å². The fourth-order valence-corrected chi connectivity index (χ4v) is 2.88. The number of carbonyl (C=O) groups excluding carboxylic acids is 2. The van der Waals surface area contributed by atoms with Crippen molar-refractivity contribution in [3.05, 3.63) is 27.7 Å². The first-order valence-corrected chi connectivity index (χ1v) is 6.62. The van der Waals surface area contributed by atoms with Crippen molar-refractivity contribution in [2.75, 3.05) is 6.61 Å². The lowest BCUT2D eigenvalue weighted by Crippen LogP contribution is -2.51. The number of rotatable bonds is 1. The summed E-state index contributed by atoms with van der Waals surface area (Å²) in [5.41, 5.74) is -0.855. The predicted octanol–water partition coefficient (Wildman–Crippen LogP) is 1.17. The van der Waals surface area contributed by atoms with Gasteiger partial charge in [0.25, 0.3) is 5.91 Å². The first kappa shape index (κ1) is 13.5. The number of aliphatic hydroxyl groups excluding tert-OH is 1. The molecule has 0 aromatic heterocycles. The molecule has 2 unspecified atom stereocenters. The van der Waals surface area contributed by atoms with E-state index in [9.17, 15) is 14.7 Å². The summed E-state index contributed by atoms with van der Waals surface area (Å²) in [7, 11) is 0. The van der Waals surface area contributed by atoms with Crippen LogP contribution in [0.25, 0.3) is 0 Å². The van der Waals surface area contributed by atoms with Crippen LogP contribution in [0.2, 0.25) is 10.0 Å². The minimum atomic E-state index is -1.29. The van der Waals surface area contributed by atoms with E-state index < -0.39 is 23.6 Å². The molecule has 1 aromatic rings. The number of fused-ring (bicyclic) bond motifs is 2. The van der Waals surface area contributed by atoms with Crippen LogP contribution < -0.4 is 15.4 Å². The first-order valence-electron chi connectivity index (χ1n) is 5.87. The van der Waals surface area contributed by atoms with Crippen molar-refractivity contribution in [1.82, 2.24) is 10.6 Å². The monoisotopic (exact) mass is 316 g/mol. The normalized spacial score (nSPS) is 27.9. The lowest BCUT2D eigenvalue weighted by molar-refractivity contribution is -0.126. The summed E-state index contributed by atoms with van der Waals surface area (Å²) in [6, 6.07) is 2.38. The Hall–Kier alpha value is -1.50. The number of ether oxygens (including phenoxy) is 1. The molecular weight excluding hydrogens is 307 g/mol. The summed E-state index contributed by atoms with van der Waals surface area (Å²) in [5.74, 6) is -0.175. The van der Waals surface area contributed by atoms with Gasteiger partial charge in [0, 0.05) is 18.1 Å². The number of carbonyl (C=O) groups is 2. The summed E-state index contributed by atoms with van der Waals surface area (Å²) in [6.45, 7) is -0.287. The molecule has 0 aliphatic carbocycles. The van der Waals surface area contributed by atoms with E-state index in [0.29, 0.717) is 11.3 Å². The Morgan fingerprint density at radius 1 is 1.35 bits per heavy atom. The number of benzene rings is 1. The van der Waals surface area contributed by atoms with Gasteiger partial charge in [0.15, 0.2) is 5.54 Å². The van der Waals surface area contributed by atoms with Crippen molar-refractivity contribution in [1.29, 1.82) is 0 Å². The van der Waals surface area contributed by atoms with E-state index in [1.165, 1.54) is 12.1 Å². The van der Waals surface area contributed by atoms with Gasteiger partial charge in [0.2, 0.25) is 0 Å². The lowest BCUT2D eigenvalue weighted by Gasteiger charge is -2.37. The number of nitrogens with one attached hydrogen (secondary N) is 2. The molecular formula is C12H10Cl2N2O4. The number of hydrogen-bond donors (Lipinski definition) is 3. The maximum Gasteiger partial charge on any atom is 0.322 e. The molecule has 0 bridgehead atoms. The summed E-state index contributed by atoms with van der Waals surface area (Å²) >= 11 is 11.9. The van der Waals surface area contributed by atoms with Crippen molar-refractivity contribution in [2.45, 2.75) is 18.1 Å². The Morgan fingerprint density at radius 3 is 2.65 bits per heavy atom. The zero-order valence-electron chi connectivity index (χ0n) is 10.1. The van der Waals surface area contributed by atoms with Crippen LogP contribution in [0.15, 0.2) is 12.1 Å². The van der Waals surface area contributed by atoms with Gasteiger partial charge >= 0.3 is 6.03 Å². The molecule has 0 saturated carbocycles. The number of amides is 3. The third kappa shape index (κ3) is 1.83. The smallest absolute Gasteiger partial charge is 0.322 e. The largest absolute Gasteiger partial charge is 0.487 e. The van der Waals surface area contributed by atoms with Gasteiger partial charge in [0.05, 0.1) is 16.7 Å². The summed E-state index contributed by atoms with van der Waals surface area (Å²) < 4.78 is 5.56. The molecule has 1 spiro atoms. The van der Waals surface area contributed by atoms with Gasteiger partial charge < -0.3 is 15.2 Å². The number of urea groups is 1. The minimum absolute atomic E-state index is 0.117. The van der Waals surface area contributed by atoms with Gasteiger partial charge in [-0.1, -0.05) is 23.2 Å². The average Bonchev–Trinajstić information content (AvgIpc) is 2.67. The molecule has 2 atom stereocenters. The van der Waals surface area contributed by atoms with E-state index in [0.717, 1.165) is 0 Å². The van der Waals surface area contributed by atoms with E-state index in [1.807, 2.05) is 0 Å². The molecule has 6 nitrogen and oxygen atoms in total. The average molecular weight is 317 g/mol. The standard InChI is InChI=1S/C12H10Cl2N2O4/c13-7-1-6-9(2-8(7)14)20-5(4-17)3-12(6)10(18)15-11(19)16-12/h1-2,5,17H,3-4H2,(H2,15,16,18,19). The zero-order chi connectivity index (χ0) is 14.5. The molecule has 2 heterocycles. The maximum absolute atomic E-state index is 12.2. The molecule has 1 aromatic carbocycles. The molecule has 2 aliphatic rings. The number of imide groups is 1. The highest BCUT2D eigenvalue weighted by Gasteiger charge is 2.53. The van der Waals surface area contributed by atoms with E-state index in [-0.39, 0.29) is 23.1 Å². The molecule has 1 saturated heterocycles. The minimum Gasteiger partial charge on any atom is -0.487 e. The second-order valence-corrected chi connectivity index (χ2v) is 5.52. The fourth-order valence-electron chi connectivity index (χ4n) is 2.56. The van der Waals surface area contributed by atoms with Gasteiger partial charge in [-0.15, -0.1) is 0 Å². The van der Waals surface area contributed by atoms with E-state index in [2.05, 4.69) is 10.6 Å². The van der Waals surface area contributed by atoms with Crippen LogP contribution >= 0.6 is 23.2 Å². The predicted molar refractivity (Wildman–Crippen MR) is 70.9 cm³/mol. The van der Waals surface area contributed by atoms with E-state index in [1.54, 1.807) is 0 Å². The van der Waals surface area contributed by atoms with Crippen LogP contribution in [-0.4, -0.2) is 29.8 Å². The Morgan fingerprint density at radius 2 is 2.05 bits per heavy atom. The van der Waals surface area contributed by atoms with Gasteiger partial charge in [0.1, 0.15) is 11.9 Å². The Kier molecular flexibility index (Phi) is 3.04. The summed E-state index contributed by atoms with van der Waals surface area (Å²) in [6.07, 6.45) is -0.504. The second kappa shape index (κ2) is 4.51. The van der Waals surface area contributed by atoms with Crippen LogP contribution in [0.1, 0.15) is 12.0 Å². The molecule has 106 valence electrons. The lowest BCUT2D eigenvalue weighted by atomic mass is 9.82. The molecule has 0 radical (unpaired) electrons. The van der Waals surface area contributed by atoms with Gasteiger partial charge in [-0.25, -0.2) is 4.79 Å². The van der Waals surface area contributed by atoms with Crippen LogP contribution in [-0.2, 0) is 10.3 Å². The topological polar surface area (TPSA) is 87.7 Å².